The largest absolute Gasteiger partial charge is 0.341 e. The van der Waals surface area contributed by atoms with Gasteiger partial charge in [0.05, 0.1) is 0 Å². The smallest absolute Gasteiger partial charge is 0.173 e. The lowest BCUT2D eigenvalue weighted by atomic mass is 10.2. The van der Waals surface area contributed by atoms with Gasteiger partial charge in [-0.25, -0.2) is 0 Å². The number of hydrogen-bond donors (Lipinski definition) is 0. The van der Waals surface area contributed by atoms with Crippen LogP contribution in [0.2, 0.25) is 0 Å². The second-order valence-corrected chi connectivity index (χ2v) is 3.10. The molecule has 1 aromatic heterocycles. The fourth-order valence-electron chi connectivity index (χ4n) is 0.684. The monoisotopic (exact) mass is 158 g/mol. The minimum absolute atomic E-state index is 0.373. The molecule has 4 heteroatoms. The molecule has 0 spiro atoms. The van der Waals surface area contributed by atoms with Crippen LogP contribution in [0.3, 0.4) is 0 Å². The normalized spacial score (nSPS) is 10.8. The number of hydrogen-bond acceptors (Lipinski definition) is 4. The molecule has 0 aliphatic rings. The molecule has 1 heterocycles. The van der Waals surface area contributed by atoms with E-state index in [0.717, 1.165) is 10.8 Å². The van der Waals surface area contributed by atoms with Gasteiger partial charge in [0.1, 0.15) is 0 Å². The van der Waals surface area contributed by atoms with Gasteiger partial charge in [-0.05, 0) is 6.26 Å². The van der Waals surface area contributed by atoms with E-state index in [0.29, 0.717) is 5.92 Å². The van der Waals surface area contributed by atoms with Gasteiger partial charge in [0.2, 0.25) is 0 Å². The SMILES string of the molecule is CSc1nnoc1C(C)C. The van der Waals surface area contributed by atoms with Crippen LogP contribution in [0.15, 0.2) is 9.55 Å². The molecule has 0 aliphatic heterocycles. The topological polar surface area (TPSA) is 38.9 Å². The van der Waals surface area contributed by atoms with Crippen molar-refractivity contribution in [3.63, 3.8) is 0 Å². The molecular formula is C6H10N2OS. The lowest BCUT2D eigenvalue weighted by Gasteiger charge is -1.96. The van der Waals surface area contributed by atoms with Crippen molar-refractivity contribution in [1.82, 2.24) is 10.4 Å². The van der Waals surface area contributed by atoms with Crippen LogP contribution in [0.4, 0.5) is 0 Å². The Morgan fingerprint density at radius 2 is 2.20 bits per heavy atom. The minimum Gasteiger partial charge on any atom is -0.341 e. The van der Waals surface area contributed by atoms with E-state index in [-0.39, 0.29) is 0 Å². The first-order valence-electron chi connectivity index (χ1n) is 3.12. The number of thioether (sulfide) groups is 1. The maximum absolute atomic E-state index is 4.94. The predicted molar refractivity (Wildman–Crippen MR) is 40.2 cm³/mol. The zero-order valence-corrected chi connectivity index (χ0v) is 7.10. The summed E-state index contributed by atoms with van der Waals surface area (Å²) in [6.45, 7) is 4.11. The molecule has 1 rings (SSSR count). The van der Waals surface area contributed by atoms with E-state index in [1.165, 1.54) is 0 Å². The summed E-state index contributed by atoms with van der Waals surface area (Å²) in [6.07, 6.45) is 1.96. The van der Waals surface area contributed by atoms with Gasteiger partial charge in [-0.15, -0.1) is 16.9 Å². The van der Waals surface area contributed by atoms with Crippen molar-refractivity contribution in [1.29, 1.82) is 0 Å². The molecule has 0 N–H and O–H groups in total. The summed E-state index contributed by atoms with van der Waals surface area (Å²) in [5, 5.41) is 8.17. The summed E-state index contributed by atoms with van der Waals surface area (Å²) in [4.78, 5) is 0. The van der Waals surface area contributed by atoms with E-state index >= 15 is 0 Å². The van der Waals surface area contributed by atoms with Gasteiger partial charge in [0.25, 0.3) is 0 Å². The third kappa shape index (κ3) is 1.31. The zero-order chi connectivity index (χ0) is 7.56. The quantitative estimate of drug-likeness (QED) is 0.616. The maximum atomic E-state index is 4.94. The van der Waals surface area contributed by atoms with Crippen molar-refractivity contribution in [2.24, 2.45) is 0 Å². The maximum Gasteiger partial charge on any atom is 0.173 e. The fourth-order valence-corrected chi connectivity index (χ4v) is 1.27. The zero-order valence-electron chi connectivity index (χ0n) is 6.29. The molecule has 0 atom stereocenters. The molecule has 56 valence electrons. The lowest BCUT2D eigenvalue weighted by Crippen LogP contribution is -1.85. The van der Waals surface area contributed by atoms with E-state index < -0.39 is 0 Å². The average molecular weight is 158 g/mol. The van der Waals surface area contributed by atoms with Gasteiger partial charge in [-0.2, -0.15) is 0 Å². The third-order valence-corrected chi connectivity index (χ3v) is 1.87. The lowest BCUT2D eigenvalue weighted by molar-refractivity contribution is 0.350. The van der Waals surface area contributed by atoms with Gasteiger partial charge in [0.15, 0.2) is 10.8 Å². The van der Waals surface area contributed by atoms with Crippen LogP contribution in [0.5, 0.6) is 0 Å². The summed E-state index contributed by atoms with van der Waals surface area (Å²) in [5.41, 5.74) is 0. The fraction of sp³-hybridized carbons (Fsp3) is 0.667. The summed E-state index contributed by atoms with van der Waals surface area (Å²) in [6, 6.07) is 0. The molecule has 0 aromatic carbocycles. The van der Waals surface area contributed by atoms with Crippen molar-refractivity contribution in [2.45, 2.75) is 24.8 Å². The second kappa shape index (κ2) is 3.05. The molecule has 0 saturated heterocycles. The highest BCUT2D eigenvalue weighted by molar-refractivity contribution is 7.98. The highest BCUT2D eigenvalue weighted by Gasteiger charge is 2.11. The minimum atomic E-state index is 0.373. The van der Waals surface area contributed by atoms with Gasteiger partial charge < -0.3 is 4.52 Å². The highest BCUT2D eigenvalue weighted by Crippen LogP contribution is 2.23. The molecule has 3 nitrogen and oxygen atoms in total. The van der Waals surface area contributed by atoms with Gasteiger partial charge in [0, 0.05) is 11.2 Å². The molecule has 0 radical (unpaired) electrons. The summed E-state index contributed by atoms with van der Waals surface area (Å²) >= 11 is 1.56. The van der Waals surface area contributed by atoms with Crippen molar-refractivity contribution in [2.75, 3.05) is 6.26 Å². The Labute approximate surface area is 64.2 Å². The third-order valence-electron chi connectivity index (χ3n) is 1.20. The van der Waals surface area contributed by atoms with Crippen LogP contribution in [0.25, 0.3) is 0 Å². The molecule has 1 aromatic rings. The predicted octanol–water partition coefficient (Wildman–Crippen LogP) is 1.91. The van der Waals surface area contributed by atoms with E-state index in [4.69, 9.17) is 4.52 Å². The Kier molecular flexibility index (Phi) is 2.32. The summed E-state index contributed by atoms with van der Waals surface area (Å²) in [7, 11) is 0. The van der Waals surface area contributed by atoms with Crippen molar-refractivity contribution in [3.8, 4) is 0 Å². The second-order valence-electron chi connectivity index (χ2n) is 2.30. The summed E-state index contributed by atoms with van der Waals surface area (Å²) in [5.74, 6) is 1.25. The van der Waals surface area contributed by atoms with Crippen LogP contribution < -0.4 is 0 Å². The van der Waals surface area contributed by atoms with E-state index in [2.05, 4.69) is 24.2 Å². The number of rotatable bonds is 2. The number of aromatic nitrogens is 2. The first kappa shape index (κ1) is 7.60. The van der Waals surface area contributed by atoms with Crippen LogP contribution >= 0.6 is 11.8 Å². The van der Waals surface area contributed by atoms with Crippen LogP contribution in [0.1, 0.15) is 25.5 Å². The molecule has 0 amide bonds. The molecule has 0 fully saturated rings. The van der Waals surface area contributed by atoms with Crippen molar-refractivity contribution < 1.29 is 4.52 Å². The molecule has 0 aliphatic carbocycles. The molecule has 10 heavy (non-hydrogen) atoms. The van der Waals surface area contributed by atoms with Crippen LogP contribution in [-0.4, -0.2) is 16.6 Å². The first-order chi connectivity index (χ1) is 4.75. The Bertz CT molecular complexity index is 209. The Morgan fingerprint density at radius 3 is 2.60 bits per heavy atom. The van der Waals surface area contributed by atoms with Crippen LogP contribution in [0, 0.1) is 0 Å². The van der Waals surface area contributed by atoms with E-state index in [1.54, 1.807) is 11.8 Å². The van der Waals surface area contributed by atoms with Crippen molar-refractivity contribution >= 4 is 11.8 Å². The van der Waals surface area contributed by atoms with Gasteiger partial charge in [-0.3, -0.25) is 0 Å². The van der Waals surface area contributed by atoms with Gasteiger partial charge >= 0.3 is 0 Å². The van der Waals surface area contributed by atoms with Crippen LogP contribution in [-0.2, 0) is 0 Å². The highest BCUT2D eigenvalue weighted by atomic mass is 32.2. The first-order valence-corrected chi connectivity index (χ1v) is 4.34. The van der Waals surface area contributed by atoms with E-state index in [1.807, 2.05) is 6.26 Å². The summed E-state index contributed by atoms with van der Waals surface area (Å²) < 4.78 is 4.94. The average Bonchev–Trinajstić information content (AvgIpc) is 2.33. The standard InChI is InChI=1S/C6H10N2OS/c1-4(2)5-6(10-3)7-8-9-5/h4H,1-3H3. The Hall–Kier alpha value is -0.510. The van der Waals surface area contributed by atoms with E-state index in [9.17, 15) is 0 Å². The number of nitrogens with zero attached hydrogens (tertiary/aromatic N) is 2. The van der Waals surface area contributed by atoms with Gasteiger partial charge in [-0.1, -0.05) is 13.8 Å². The molecule has 0 saturated carbocycles. The Morgan fingerprint density at radius 1 is 1.50 bits per heavy atom. The molecule has 0 bridgehead atoms. The molecule has 0 unspecified atom stereocenters. The molecular weight excluding hydrogens is 148 g/mol. The Balaban J connectivity index is 2.90. The van der Waals surface area contributed by atoms with Crippen molar-refractivity contribution in [3.05, 3.63) is 5.76 Å².